The molecule has 0 saturated carbocycles. The Bertz CT molecular complexity index is 5150. The molecule has 6 atom stereocenters. The van der Waals surface area contributed by atoms with Crippen molar-refractivity contribution < 1.29 is 8.83 Å². The second kappa shape index (κ2) is 26.4. The molecule has 0 radical (unpaired) electrons. The van der Waals surface area contributed by atoms with Crippen molar-refractivity contribution in [1.29, 1.82) is 0 Å². The summed E-state index contributed by atoms with van der Waals surface area (Å²) in [5.74, 6) is 1.53. The standard InChI is InChI=1S/C96H87BN4O2/c1-8-30-64(31-9-1)69-60-86-94-87(61-69)101(96-76(67-36-14-4-15-37-67)48-27-49-77(96)68-38-16-5-17-39-68)85-63-73(99(71-42-20-7-21-43-71)83-51-29-55-91-93(83)79-45-23-25-53-89(79)103-91)57-59-81(85)97(94)80-58-56-72(98(70-40-18-6-19-41-70)82-50-28-54-90-92(82)78-44-22-24-52-88(78)102-90)62-84(80)100(86)95-74(65-32-10-2-11-33-65)46-26-47-75(95)66-34-12-3-13-35-66/h1-2,4,6-10,14,18-25,28-31,34,38,40-46,48,50-63,65,67,75,77,95-96H,3,5,11-13,15-17,26-27,32-33,35-37,39,47,49H2. The van der Waals surface area contributed by atoms with Crippen LogP contribution in [-0.2, 0) is 0 Å². The maximum absolute atomic E-state index is 6.77. The first-order chi connectivity index (χ1) is 51.1. The van der Waals surface area contributed by atoms with Gasteiger partial charge in [0.25, 0.3) is 6.71 Å². The van der Waals surface area contributed by atoms with E-state index in [1.165, 1.54) is 88.8 Å². The molecule has 0 fully saturated rings. The maximum Gasteiger partial charge on any atom is 0.252 e. The molecule has 0 spiro atoms. The third-order valence-corrected chi connectivity index (χ3v) is 24.8. The predicted octanol–water partition coefficient (Wildman–Crippen LogP) is 24.6. The van der Waals surface area contributed by atoms with Crippen molar-refractivity contribution in [2.45, 2.75) is 128 Å². The number of hydrogen-bond acceptors (Lipinski definition) is 6. The van der Waals surface area contributed by atoms with Crippen LogP contribution in [0, 0.1) is 23.7 Å². The van der Waals surface area contributed by atoms with Crippen LogP contribution in [0.15, 0.2) is 304 Å². The highest BCUT2D eigenvalue weighted by molar-refractivity contribution is 7.00. The van der Waals surface area contributed by atoms with Gasteiger partial charge in [0.15, 0.2) is 0 Å². The van der Waals surface area contributed by atoms with Crippen LogP contribution < -0.4 is 36.0 Å². The molecule has 2 aliphatic heterocycles. The quantitative estimate of drug-likeness (QED) is 0.0846. The fraction of sp³-hybridized carbons (Fsp3) is 0.250. The van der Waals surface area contributed by atoms with Crippen molar-refractivity contribution >= 4 is 124 Å². The first-order valence-electron chi connectivity index (χ1n) is 38.8. The summed E-state index contributed by atoms with van der Waals surface area (Å²) in [6.07, 6.45) is 41.7. The number of nitrogens with zero attached hydrogens (tertiary/aromatic N) is 4. The van der Waals surface area contributed by atoms with Gasteiger partial charge < -0.3 is 28.4 Å². The molecular weight excluding hydrogens is 1250 g/mol. The van der Waals surface area contributed by atoms with Gasteiger partial charge in [-0.25, -0.2) is 0 Å². The van der Waals surface area contributed by atoms with Gasteiger partial charge in [0.1, 0.15) is 22.3 Å². The lowest BCUT2D eigenvalue weighted by Gasteiger charge is -2.53. The topological polar surface area (TPSA) is 39.2 Å². The zero-order valence-corrected chi connectivity index (χ0v) is 58.9. The second-order valence-electron chi connectivity index (χ2n) is 30.5. The molecular formula is C96H87BN4O2. The van der Waals surface area contributed by atoms with Crippen molar-refractivity contribution in [2.75, 3.05) is 19.6 Å². The molecule has 0 saturated heterocycles. The molecule has 6 nitrogen and oxygen atoms in total. The normalized spacial score (nSPS) is 21.6. The minimum absolute atomic E-state index is 0.0729. The Morgan fingerprint density at radius 1 is 0.350 bits per heavy atom. The van der Waals surface area contributed by atoms with E-state index in [-0.39, 0.29) is 18.8 Å². The van der Waals surface area contributed by atoms with E-state index in [0.717, 1.165) is 155 Å². The van der Waals surface area contributed by atoms with E-state index in [2.05, 4.69) is 293 Å². The largest absolute Gasteiger partial charge is 0.456 e. The molecule has 12 aromatic rings. The highest BCUT2D eigenvalue weighted by atomic mass is 16.3. The lowest BCUT2D eigenvalue weighted by atomic mass is 9.33. The smallest absolute Gasteiger partial charge is 0.252 e. The number of anilines is 10. The zero-order valence-electron chi connectivity index (χ0n) is 58.9. The van der Waals surface area contributed by atoms with Gasteiger partial charge in [0.05, 0.1) is 34.2 Å². The van der Waals surface area contributed by atoms with Crippen LogP contribution in [0.2, 0.25) is 0 Å². The van der Waals surface area contributed by atoms with Gasteiger partial charge in [-0.05, 0) is 263 Å². The average Bonchev–Trinajstić information content (AvgIpc) is 1.67. The molecule has 2 aromatic heterocycles. The van der Waals surface area contributed by atoms with Crippen molar-refractivity contribution in [3.05, 3.63) is 295 Å². The van der Waals surface area contributed by atoms with E-state index in [1.54, 1.807) is 22.3 Å². The van der Waals surface area contributed by atoms with Gasteiger partial charge in [-0.2, -0.15) is 0 Å². The molecule has 6 aliphatic carbocycles. The lowest BCUT2D eigenvalue weighted by Crippen LogP contribution is -2.65. The predicted molar refractivity (Wildman–Crippen MR) is 433 cm³/mol. The van der Waals surface area contributed by atoms with Crippen LogP contribution >= 0.6 is 0 Å². The van der Waals surface area contributed by atoms with E-state index in [4.69, 9.17) is 8.83 Å². The Kier molecular flexibility index (Phi) is 16.0. The fourth-order valence-corrected chi connectivity index (χ4v) is 20.3. The number of hydrogen-bond donors (Lipinski definition) is 0. The molecule has 8 aliphatic rings. The zero-order chi connectivity index (χ0) is 67.9. The first-order valence-corrected chi connectivity index (χ1v) is 38.8. The number of rotatable bonds is 13. The number of fused-ring (bicyclic) bond motifs is 10. The van der Waals surface area contributed by atoms with E-state index in [0.29, 0.717) is 23.7 Å². The van der Waals surface area contributed by atoms with Crippen molar-refractivity contribution in [2.24, 2.45) is 23.7 Å². The Morgan fingerprint density at radius 2 is 0.806 bits per heavy atom. The number of allylic oxidation sites excluding steroid dienone is 8. The van der Waals surface area contributed by atoms with Gasteiger partial charge in [-0.3, -0.25) is 0 Å². The Balaban J connectivity index is 0.907. The molecule has 7 heteroatoms. The Morgan fingerprint density at radius 3 is 1.26 bits per heavy atom. The van der Waals surface area contributed by atoms with Crippen LogP contribution in [0.4, 0.5) is 56.9 Å². The third kappa shape index (κ3) is 10.7. The van der Waals surface area contributed by atoms with E-state index >= 15 is 0 Å². The summed E-state index contributed by atoms with van der Waals surface area (Å²) in [5.41, 5.74) is 28.8. The molecule has 506 valence electrons. The molecule has 103 heavy (non-hydrogen) atoms. The minimum Gasteiger partial charge on any atom is -0.456 e. The molecule has 20 rings (SSSR count). The highest BCUT2D eigenvalue weighted by Crippen LogP contribution is 2.55. The van der Waals surface area contributed by atoms with Crippen LogP contribution in [0.5, 0.6) is 0 Å². The Labute approximate surface area is 606 Å². The summed E-state index contributed by atoms with van der Waals surface area (Å²) in [7, 11) is 0. The van der Waals surface area contributed by atoms with Gasteiger partial charge in [-0.15, -0.1) is 0 Å². The van der Waals surface area contributed by atoms with Crippen LogP contribution in [0.3, 0.4) is 0 Å². The van der Waals surface area contributed by atoms with Gasteiger partial charge in [0, 0.05) is 68.1 Å². The van der Waals surface area contributed by atoms with Crippen LogP contribution in [0.1, 0.15) is 116 Å². The SMILES string of the molecule is C1=CCC(C2=CCCC(C3=CCCCC3)C2N2c3cc(N(c4ccccc4)c4cccc5oc6ccccc6c45)ccc3B3c4ccc(N(c5ccccc5)c5cccc6oc7ccccc7c56)cc4N(C4C(C5CC=CCC5)=CCCC4C4=CCCCC4)c4cc(-c5ccccc5)cc2c43)CC1. The van der Waals surface area contributed by atoms with Crippen molar-refractivity contribution in [3.63, 3.8) is 0 Å². The first kappa shape index (κ1) is 62.3. The van der Waals surface area contributed by atoms with Crippen LogP contribution in [0.25, 0.3) is 55.0 Å². The monoisotopic (exact) mass is 1340 g/mol. The summed E-state index contributed by atoms with van der Waals surface area (Å²) in [4.78, 5) is 11.1. The summed E-state index contributed by atoms with van der Waals surface area (Å²) >= 11 is 0. The summed E-state index contributed by atoms with van der Waals surface area (Å²) < 4.78 is 13.5. The van der Waals surface area contributed by atoms with E-state index < -0.39 is 0 Å². The van der Waals surface area contributed by atoms with E-state index in [1.807, 2.05) is 0 Å². The van der Waals surface area contributed by atoms with E-state index in [9.17, 15) is 0 Å². The van der Waals surface area contributed by atoms with Gasteiger partial charge in [-0.1, -0.05) is 187 Å². The maximum atomic E-state index is 6.77. The van der Waals surface area contributed by atoms with Gasteiger partial charge >= 0.3 is 0 Å². The molecule has 6 unspecified atom stereocenters. The number of para-hydroxylation sites is 4. The van der Waals surface area contributed by atoms with Gasteiger partial charge in [0.2, 0.25) is 0 Å². The molecule has 0 bridgehead atoms. The fourth-order valence-electron chi connectivity index (χ4n) is 20.3. The highest BCUT2D eigenvalue weighted by Gasteiger charge is 2.51. The summed E-state index contributed by atoms with van der Waals surface area (Å²) in [6, 6.07) is 85.3. The summed E-state index contributed by atoms with van der Waals surface area (Å²) in [6.45, 7) is -0.129. The van der Waals surface area contributed by atoms with Crippen LogP contribution in [-0.4, -0.2) is 18.8 Å². The third-order valence-electron chi connectivity index (χ3n) is 24.8. The lowest BCUT2D eigenvalue weighted by molar-refractivity contribution is 0.391. The number of benzene rings is 10. The Hall–Kier alpha value is -10.5. The summed E-state index contributed by atoms with van der Waals surface area (Å²) in [5, 5.41) is 4.47. The number of furan rings is 2. The molecule has 0 N–H and O–H groups in total. The van der Waals surface area contributed by atoms with Crippen molar-refractivity contribution in [3.8, 4) is 11.1 Å². The average molecular weight is 1340 g/mol. The molecule has 0 amide bonds. The second-order valence-corrected chi connectivity index (χ2v) is 30.5. The van der Waals surface area contributed by atoms with Crippen molar-refractivity contribution in [1.82, 2.24) is 0 Å². The molecule has 10 aromatic carbocycles. The minimum atomic E-state index is -0.129. The molecule has 4 heterocycles.